The Bertz CT molecular complexity index is 329. The SMILES string of the molecule is CC(C)CCNCC(O)c1ccc(C(C)C)cc1. The predicted molar refractivity (Wildman–Crippen MR) is 77.8 cm³/mol. The van der Waals surface area contributed by atoms with E-state index in [4.69, 9.17) is 0 Å². The third-order valence-corrected chi connectivity index (χ3v) is 3.22. The Hall–Kier alpha value is -0.860. The van der Waals surface area contributed by atoms with Gasteiger partial charge in [0.1, 0.15) is 0 Å². The highest BCUT2D eigenvalue weighted by Crippen LogP contribution is 2.18. The second-order valence-corrected chi connectivity index (χ2v) is 5.72. The molecule has 0 spiro atoms. The first-order chi connectivity index (χ1) is 8.50. The van der Waals surface area contributed by atoms with Crippen molar-refractivity contribution >= 4 is 0 Å². The van der Waals surface area contributed by atoms with Crippen molar-refractivity contribution in [2.45, 2.75) is 46.1 Å². The van der Waals surface area contributed by atoms with E-state index in [0.29, 0.717) is 18.4 Å². The molecule has 2 nitrogen and oxygen atoms in total. The van der Waals surface area contributed by atoms with Crippen LogP contribution in [0.1, 0.15) is 57.3 Å². The Kier molecular flexibility index (Phi) is 6.37. The molecule has 0 heterocycles. The number of nitrogens with one attached hydrogen (secondary N) is 1. The van der Waals surface area contributed by atoms with Crippen molar-refractivity contribution in [3.05, 3.63) is 35.4 Å². The maximum Gasteiger partial charge on any atom is 0.0914 e. The van der Waals surface area contributed by atoms with E-state index < -0.39 is 6.10 Å². The largest absolute Gasteiger partial charge is 0.387 e. The van der Waals surface area contributed by atoms with Gasteiger partial charge in [0, 0.05) is 6.54 Å². The third kappa shape index (κ3) is 5.19. The van der Waals surface area contributed by atoms with Gasteiger partial charge in [-0.1, -0.05) is 52.0 Å². The molecule has 2 heteroatoms. The van der Waals surface area contributed by atoms with Crippen LogP contribution in [0.25, 0.3) is 0 Å². The first-order valence-electron chi connectivity index (χ1n) is 6.99. The fourth-order valence-electron chi connectivity index (χ4n) is 1.85. The molecule has 0 bridgehead atoms. The summed E-state index contributed by atoms with van der Waals surface area (Å²) in [6.07, 6.45) is 0.748. The molecule has 0 saturated heterocycles. The van der Waals surface area contributed by atoms with E-state index in [-0.39, 0.29) is 0 Å². The van der Waals surface area contributed by atoms with Crippen LogP contribution in [-0.4, -0.2) is 18.2 Å². The molecule has 18 heavy (non-hydrogen) atoms. The van der Waals surface area contributed by atoms with Gasteiger partial charge in [-0.25, -0.2) is 0 Å². The normalized spacial score (nSPS) is 13.3. The summed E-state index contributed by atoms with van der Waals surface area (Å²) in [7, 11) is 0. The summed E-state index contributed by atoms with van der Waals surface area (Å²) in [5.74, 6) is 1.25. The van der Waals surface area contributed by atoms with Crippen LogP contribution < -0.4 is 5.32 Å². The number of hydrogen-bond donors (Lipinski definition) is 2. The van der Waals surface area contributed by atoms with Gasteiger partial charge in [0.25, 0.3) is 0 Å². The fourth-order valence-corrected chi connectivity index (χ4v) is 1.85. The molecule has 0 aliphatic rings. The van der Waals surface area contributed by atoms with Crippen molar-refractivity contribution < 1.29 is 5.11 Å². The average Bonchev–Trinajstić information content (AvgIpc) is 2.34. The lowest BCUT2D eigenvalue weighted by Gasteiger charge is -2.14. The number of benzene rings is 1. The monoisotopic (exact) mass is 249 g/mol. The lowest BCUT2D eigenvalue weighted by atomic mass is 10.00. The van der Waals surface area contributed by atoms with Crippen LogP contribution >= 0.6 is 0 Å². The molecule has 0 radical (unpaired) electrons. The molecule has 1 atom stereocenters. The minimum absolute atomic E-state index is 0.404. The van der Waals surface area contributed by atoms with Crippen LogP contribution in [0.15, 0.2) is 24.3 Å². The Labute approximate surface area is 111 Å². The van der Waals surface area contributed by atoms with E-state index in [2.05, 4.69) is 45.1 Å². The molecule has 1 rings (SSSR count). The van der Waals surface area contributed by atoms with Crippen LogP contribution in [0.2, 0.25) is 0 Å². The molecule has 0 aliphatic carbocycles. The number of aliphatic hydroxyl groups excluding tert-OH is 1. The molecule has 0 amide bonds. The Morgan fingerprint density at radius 1 is 1.00 bits per heavy atom. The van der Waals surface area contributed by atoms with Gasteiger partial charge in [-0.3, -0.25) is 0 Å². The Morgan fingerprint density at radius 3 is 2.06 bits per heavy atom. The summed E-state index contributed by atoms with van der Waals surface area (Å²) in [6.45, 7) is 10.4. The summed E-state index contributed by atoms with van der Waals surface area (Å²) in [5.41, 5.74) is 2.31. The highest BCUT2D eigenvalue weighted by Gasteiger charge is 2.07. The van der Waals surface area contributed by atoms with Gasteiger partial charge >= 0.3 is 0 Å². The minimum Gasteiger partial charge on any atom is -0.387 e. The second kappa shape index (κ2) is 7.55. The first kappa shape index (κ1) is 15.2. The van der Waals surface area contributed by atoms with Gasteiger partial charge in [0.2, 0.25) is 0 Å². The minimum atomic E-state index is -0.404. The topological polar surface area (TPSA) is 32.3 Å². The lowest BCUT2D eigenvalue weighted by Crippen LogP contribution is -2.23. The Morgan fingerprint density at radius 2 is 1.56 bits per heavy atom. The third-order valence-electron chi connectivity index (χ3n) is 3.22. The smallest absolute Gasteiger partial charge is 0.0914 e. The molecule has 1 aromatic rings. The molecule has 102 valence electrons. The summed E-state index contributed by atoms with van der Waals surface area (Å²) < 4.78 is 0. The molecule has 0 aliphatic heterocycles. The summed E-state index contributed by atoms with van der Waals surface area (Å²) in [5, 5.41) is 13.4. The van der Waals surface area contributed by atoms with Crippen molar-refractivity contribution in [1.29, 1.82) is 0 Å². The van der Waals surface area contributed by atoms with Gasteiger partial charge in [0.05, 0.1) is 6.10 Å². The van der Waals surface area contributed by atoms with Gasteiger partial charge in [-0.05, 0) is 35.9 Å². The lowest BCUT2D eigenvalue weighted by molar-refractivity contribution is 0.174. The van der Waals surface area contributed by atoms with Crippen molar-refractivity contribution in [2.24, 2.45) is 5.92 Å². The van der Waals surface area contributed by atoms with Crippen LogP contribution in [0.4, 0.5) is 0 Å². The van der Waals surface area contributed by atoms with Crippen LogP contribution in [0.3, 0.4) is 0 Å². The zero-order valence-corrected chi connectivity index (χ0v) is 12.1. The van der Waals surface area contributed by atoms with E-state index >= 15 is 0 Å². The zero-order valence-electron chi connectivity index (χ0n) is 12.1. The molecule has 0 saturated carbocycles. The molecule has 0 fully saturated rings. The first-order valence-corrected chi connectivity index (χ1v) is 6.99. The van der Waals surface area contributed by atoms with E-state index in [1.165, 1.54) is 5.56 Å². The predicted octanol–water partition coefficient (Wildman–Crippen LogP) is 3.48. The van der Waals surface area contributed by atoms with E-state index in [0.717, 1.165) is 18.5 Å². The van der Waals surface area contributed by atoms with E-state index in [9.17, 15) is 5.11 Å². The summed E-state index contributed by atoms with van der Waals surface area (Å²) in [4.78, 5) is 0. The van der Waals surface area contributed by atoms with Crippen molar-refractivity contribution in [1.82, 2.24) is 5.32 Å². The zero-order chi connectivity index (χ0) is 13.5. The van der Waals surface area contributed by atoms with Crippen LogP contribution in [0, 0.1) is 5.92 Å². The molecule has 1 unspecified atom stereocenters. The standard InChI is InChI=1S/C16H27NO/c1-12(2)9-10-17-11-16(18)15-7-5-14(6-8-15)13(3)4/h5-8,12-13,16-18H,9-11H2,1-4H3. The summed E-state index contributed by atoms with van der Waals surface area (Å²) in [6, 6.07) is 8.28. The highest BCUT2D eigenvalue weighted by molar-refractivity contribution is 5.26. The maximum atomic E-state index is 10.1. The van der Waals surface area contributed by atoms with Gasteiger partial charge in [-0.2, -0.15) is 0 Å². The van der Waals surface area contributed by atoms with E-state index in [1.54, 1.807) is 0 Å². The number of rotatable bonds is 7. The maximum absolute atomic E-state index is 10.1. The van der Waals surface area contributed by atoms with Gasteiger partial charge < -0.3 is 10.4 Å². The average molecular weight is 249 g/mol. The van der Waals surface area contributed by atoms with E-state index in [1.807, 2.05) is 12.1 Å². The fraction of sp³-hybridized carbons (Fsp3) is 0.625. The highest BCUT2D eigenvalue weighted by atomic mass is 16.3. The molecule has 2 N–H and O–H groups in total. The van der Waals surface area contributed by atoms with Gasteiger partial charge in [0.15, 0.2) is 0 Å². The molecule has 1 aromatic carbocycles. The molecular formula is C16H27NO. The quantitative estimate of drug-likeness (QED) is 0.725. The van der Waals surface area contributed by atoms with Crippen molar-refractivity contribution in [3.63, 3.8) is 0 Å². The molecule has 0 aromatic heterocycles. The van der Waals surface area contributed by atoms with Crippen molar-refractivity contribution in [2.75, 3.05) is 13.1 Å². The van der Waals surface area contributed by atoms with Crippen molar-refractivity contribution in [3.8, 4) is 0 Å². The number of hydrogen-bond acceptors (Lipinski definition) is 2. The van der Waals surface area contributed by atoms with Crippen LogP contribution in [0.5, 0.6) is 0 Å². The second-order valence-electron chi connectivity index (χ2n) is 5.72. The summed E-state index contributed by atoms with van der Waals surface area (Å²) >= 11 is 0. The molecular weight excluding hydrogens is 222 g/mol. The van der Waals surface area contributed by atoms with Gasteiger partial charge in [-0.15, -0.1) is 0 Å². The van der Waals surface area contributed by atoms with Crippen LogP contribution in [-0.2, 0) is 0 Å². The number of aliphatic hydroxyl groups is 1. The Balaban J connectivity index is 2.39.